The molecule has 252 valence electrons. The summed E-state index contributed by atoms with van der Waals surface area (Å²) in [5.74, 6) is 1.91. The van der Waals surface area contributed by atoms with Gasteiger partial charge in [0.05, 0.1) is 19.2 Å². The second kappa shape index (κ2) is 13.7. The highest BCUT2D eigenvalue weighted by Gasteiger charge is 2.58. The largest absolute Gasteiger partial charge is 0.489 e. The van der Waals surface area contributed by atoms with Crippen molar-refractivity contribution >= 4 is 17.8 Å². The van der Waals surface area contributed by atoms with E-state index in [2.05, 4.69) is 46.6 Å². The number of ether oxygens (including phenoxy) is 2. The van der Waals surface area contributed by atoms with Crippen LogP contribution in [0.25, 0.3) is 0 Å². The quantitative estimate of drug-likeness (QED) is 0.267. The van der Waals surface area contributed by atoms with Crippen LogP contribution in [0.2, 0.25) is 0 Å². The predicted molar refractivity (Wildman–Crippen MR) is 183 cm³/mol. The molecule has 2 amide bonds. The Bertz CT molecular complexity index is 1600. The van der Waals surface area contributed by atoms with E-state index in [9.17, 15) is 14.4 Å². The van der Waals surface area contributed by atoms with E-state index in [0.717, 1.165) is 55.8 Å². The lowest BCUT2D eigenvalue weighted by Crippen LogP contribution is -2.55. The first-order valence-corrected chi connectivity index (χ1v) is 17.5. The number of carbonyl (C=O) groups is 3. The SMILES string of the molecule is COC(=O)c1ccc(COc2ccccc2CN2CCN(C(=O)CNC(=O)CC34CC5CC(C3)CC(c3ccccc3)(C5)C4)CC2)cc1. The molecule has 8 nitrogen and oxygen atoms in total. The van der Waals surface area contributed by atoms with Gasteiger partial charge in [-0.2, -0.15) is 0 Å². The van der Waals surface area contributed by atoms with Gasteiger partial charge in [0, 0.05) is 44.7 Å². The second-order valence-electron chi connectivity index (χ2n) is 14.8. The summed E-state index contributed by atoms with van der Waals surface area (Å²) in [6.45, 7) is 3.98. The van der Waals surface area contributed by atoms with Crippen LogP contribution >= 0.6 is 0 Å². The van der Waals surface area contributed by atoms with Crippen LogP contribution < -0.4 is 10.1 Å². The van der Waals surface area contributed by atoms with Gasteiger partial charge in [0.1, 0.15) is 12.4 Å². The molecule has 5 fully saturated rings. The van der Waals surface area contributed by atoms with Crippen LogP contribution in [-0.4, -0.2) is 67.4 Å². The minimum atomic E-state index is -0.357. The molecule has 0 spiro atoms. The number of piperazine rings is 1. The monoisotopic (exact) mass is 649 g/mol. The Morgan fingerprint density at radius 2 is 1.52 bits per heavy atom. The second-order valence-corrected chi connectivity index (χ2v) is 14.8. The van der Waals surface area contributed by atoms with E-state index in [-0.39, 0.29) is 35.2 Å². The summed E-state index contributed by atoms with van der Waals surface area (Å²) in [5, 5.41) is 3.02. The molecule has 4 aliphatic carbocycles. The highest BCUT2D eigenvalue weighted by molar-refractivity contribution is 5.89. The van der Waals surface area contributed by atoms with Crippen LogP contribution in [0.1, 0.15) is 72.0 Å². The minimum absolute atomic E-state index is 0.00350. The van der Waals surface area contributed by atoms with Crippen molar-refractivity contribution in [3.05, 3.63) is 101 Å². The normalized spacial score (nSPS) is 26.2. The molecule has 3 aromatic rings. The van der Waals surface area contributed by atoms with Crippen LogP contribution in [0.5, 0.6) is 5.75 Å². The summed E-state index contributed by atoms with van der Waals surface area (Å²) in [7, 11) is 1.37. The summed E-state index contributed by atoms with van der Waals surface area (Å²) in [6.07, 6.45) is 7.77. The van der Waals surface area contributed by atoms with E-state index in [4.69, 9.17) is 9.47 Å². The number of hydrogen-bond donors (Lipinski definition) is 1. The fraction of sp³-hybridized carbons (Fsp3) is 0.475. The lowest BCUT2D eigenvalue weighted by Gasteiger charge is -2.62. The summed E-state index contributed by atoms with van der Waals surface area (Å²) < 4.78 is 11.0. The van der Waals surface area contributed by atoms with Gasteiger partial charge in [0.25, 0.3) is 0 Å². The Balaban J connectivity index is 0.870. The standard InChI is InChI=1S/C40H47N3O5/c1-47-38(46)32-13-11-29(12-14-32)27-48-35-10-6-5-7-33(35)26-42-15-17-43(18-16-42)37(45)25-41-36(44)24-39-20-30-19-31(21-39)23-40(22-30,28-39)34-8-3-2-4-9-34/h2-14,30-31H,15-28H2,1H3,(H,41,44). The molecule has 3 aromatic carbocycles. The molecule has 8 heteroatoms. The maximum atomic E-state index is 13.3. The van der Waals surface area contributed by atoms with Gasteiger partial charge in [-0.1, -0.05) is 60.7 Å². The van der Waals surface area contributed by atoms with Gasteiger partial charge in [-0.15, -0.1) is 0 Å². The van der Waals surface area contributed by atoms with Crippen molar-refractivity contribution in [1.29, 1.82) is 0 Å². The number of nitrogens with zero attached hydrogens (tertiary/aromatic N) is 2. The summed E-state index contributed by atoms with van der Waals surface area (Å²) >= 11 is 0. The maximum Gasteiger partial charge on any atom is 0.337 e. The molecular formula is C40H47N3O5. The van der Waals surface area contributed by atoms with E-state index in [1.54, 1.807) is 12.1 Å². The first-order valence-electron chi connectivity index (χ1n) is 17.5. The average Bonchev–Trinajstić information content (AvgIpc) is 3.10. The van der Waals surface area contributed by atoms with Crippen molar-refractivity contribution in [2.24, 2.45) is 17.3 Å². The van der Waals surface area contributed by atoms with Crippen LogP contribution in [0, 0.1) is 17.3 Å². The van der Waals surface area contributed by atoms with Gasteiger partial charge in [-0.25, -0.2) is 4.79 Å². The number of esters is 1. The number of hydrogen-bond acceptors (Lipinski definition) is 6. The first-order chi connectivity index (χ1) is 23.3. The van der Waals surface area contributed by atoms with E-state index in [0.29, 0.717) is 43.5 Å². The van der Waals surface area contributed by atoms with Crippen molar-refractivity contribution < 1.29 is 23.9 Å². The molecule has 0 aromatic heterocycles. The predicted octanol–water partition coefficient (Wildman–Crippen LogP) is 5.74. The average molecular weight is 650 g/mol. The Kier molecular flexibility index (Phi) is 9.27. The number of carbonyl (C=O) groups excluding carboxylic acids is 3. The van der Waals surface area contributed by atoms with Crippen molar-refractivity contribution in [2.75, 3.05) is 39.8 Å². The first kappa shape index (κ1) is 32.4. The van der Waals surface area contributed by atoms with E-state index in [1.807, 2.05) is 35.2 Å². The topological polar surface area (TPSA) is 88.2 Å². The molecule has 4 saturated carbocycles. The lowest BCUT2D eigenvalue weighted by molar-refractivity contribution is -0.137. The zero-order valence-corrected chi connectivity index (χ0v) is 28.0. The van der Waals surface area contributed by atoms with Crippen LogP contribution in [0.4, 0.5) is 0 Å². The number of amides is 2. The van der Waals surface area contributed by atoms with E-state index in [1.165, 1.54) is 31.9 Å². The third-order valence-corrected chi connectivity index (χ3v) is 11.4. The van der Waals surface area contributed by atoms with Gasteiger partial charge in [0.2, 0.25) is 11.8 Å². The Morgan fingerprint density at radius 3 is 2.23 bits per heavy atom. The van der Waals surface area contributed by atoms with E-state index >= 15 is 0 Å². The van der Waals surface area contributed by atoms with Crippen molar-refractivity contribution in [3.63, 3.8) is 0 Å². The van der Waals surface area contributed by atoms with Crippen LogP contribution in [0.3, 0.4) is 0 Å². The minimum Gasteiger partial charge on any atom is -0.489 e. The molecule has 0 radical (unpaired) electrons. The van der Waals surface area contributed by atoms with Crippen molar-refractivity contribution in [1.82, 2.24) is 15.1 Å². The summed E-state index contributed by atoms with van der Waals surface area (Å²) in [6, 6.07) is 26.3. The van der Waals surface area contributed by atoms with Gasteiger partial charge >= 0.3 is 5.97 Å². The molecule has 2 atom stereocenters. The molecule has 8 rings (SSSR count). The smallest absolute Gasteiger partial charge is 0.337 e. The van der Waals surface area contributed by atoms with Crippen LogP contribution in [0.15, 0.2) is 78.9 Å². The van der Waals surface area contributed by atoms with Gasteiger partial charge in [-0.05, 0) is 90.5 Å². The highest BCUT2D eigenvalue weighted by atomic mass is 16.5. The molecular weight excluding hydrogens is 602 g/mol. The third kappa shape index (κ3) is 7.00. The van der Waals surface area contributed by atoms with E-state index < -0.39 is 0 Å². The number of para-hydroxylation sites is 1. The summed E-state index contributed by atoms with van der Waals surface area (Å²) in [4.78, 5) is 42.4. The molecule has 1 N–H and O–H groups in total. The Morgan fingerprint density at radius 1 is 0.833 bits per heavy atom. The molecule has 1 heterocycles. The number of nitrogens with one attached hydrogen (secondary N) is 1. The zero-order valence-electron chi connectivity index (χ0n) is 28.0. The lowest BCUT2D eigenvalue weighted by atomic mass is 9.42. The van der Waals surface area contributed by atoms with Crippen LogP contribution in [-0.2, 0) is 32.9 Å². The zero-order chi connectivity index (χ0) is 33.1. The highest BCUT2D eigenvalue weighted by Crippen LogP contribution is 2.66. The molecule has 48 heavy (non-hydrogen) atoms. The Hall–Kier alpha value is -4.17. The maximum absolute atomic E-state index is 13.3. The number of benzene rings is 3. The van der Waals surface area contributed by atoms with Gasteiger partial charge < -0.3 is 19.7 Å². The molecule has 1 saturated heterocycles. The van der Waals surface area contributed by atoms with Crippen molar-refractivity contribution in [3.8, 4) is 5.75 Å². The fourth-order valence-corrected chi connectivity index (χ4v) is 9.67. The summed E-state index contributed by atoms with van der Waals surface area (Å²) in [5.41, 5.74) is 4.30. The third-order valence-electron chi connectivity index (χ3n) is 11.4. The molecule has 1 aliphatic heterocycles. The van der Waals surface area contributed by atoms with Gasteiger partial charge in [-0.3, -0.25) is 14.5 Å². The molecule has 5 aliphatic rings. The van der Waals surface area contributed by atoms with Crippen molar-refractivity contribution in [2.45, 2.75) is 63.5 Å². The fourth-order valence-electron chi connectivity index (χ4n) is 9.67. The van der Waals surface area contributed by atoms with Gasteiger partial charge in [0.15, 0.2) is 0 Å². The number of methoxy groups -OCH3 is 1. The Labute approximate surface area is 283 Å². The number of rotatable bonds is 11. The molecule has 4 bridgehead atoms. The molecule has 2 unspecified atom stereocenters.